The molecule has 0 heterocycles. The topological polar surface area (TPSA) is 17.1 Å². The Morgan fingerprint density at radius 2 is 1.31 bits per heavy atom. The Bertz CT molecular complexity index is 852. The van der Waals surface area contributed by atoms with Crippen molar-refractivity contribution in [1.29, 1.82) is 0 Å². The van der Waals surface area contributed by atoms with Crippen LogP contribution in [0.2, 0.25) is 0 Å². The van der Waals surface area contributed by atoms with Gasteiger partial charge in [0.2, 0.25) is 0 Å². The van der Waals surface area contributed by atoms with Crippen LogP contribution in [0.25, 0.3) is 5.31 Å². The molecule has 26 heavy (non-hydrogen) atoms. The summed E-state index contributed by atoms with van der Waals surface area (Å²) in [7, 11) is -2.97. The highest BCUT2D eigenvalue weighted by Crippen LogP contribution is 2.55. The molecule has 0 atom stereocenters. The lowest BCUT2D eigenvalue weighted by Crippen LogP contribution is -2.16. The zero-order chi connectivity index (χ0) is 18.4. The van der Waals surface area contributed by atoms with E-state index < -0.39 is 7.14 Å². The van der Waals surface area contributed by atoms with Crippen molar-refractivity contribution in [1.82, 2.24) is 0 Å². The largest absolute Gasteiger partial charge is 0.309 e. The Morgan fingerprint density at radius 1 is 0.808 bits per heavy atom. The minimum absolute atomic E-state index is 0.692. The number of benzene rings is 3. The molecule has 2 heteroatoms. The summed E-state index contributed by atoms with van der Waals surface area (Å²) < 4.78 is 14.3. The van der Waals surface area contributed by atoms with E-state index >= 15 is 0 Å². The maximum Gasteiger partial charge on any atom is 0.171 e. The number of hydrogen-bond acceptors (Lipinski definition) is 1. The molecule has 0 aliphatic heterocycles. The van der Waals surface area contributed by atoms with Gasteiger partial charge in [-0.3, -0.25) is 0 Å². The first-order chi connectivity index (χ1) is 12.7. The van der Waals surface area contributed by atoms with Gasteiger partial charge in [-0.05, 0) is 24.0 Å². The molecule has 0 amide bonds. The van der Waals surface area contributed by atoms with Crippen molar-refractivity contribution in [3.8, 4) is 0 Å². The van der Waals surface area contributed by atoms with Gasteiger partial charge in [-0.2, -0.15) is 0 Å². The molecule has 0 aromatic heterocycles. The molecule has 132 valence electrons. The number of hydrogen-bond donors (Lipinski definition) is 0. The second-order valence-corrected chi connectivity index (χ2v) is 9.32. The third-order valence-corrected chi connectivity index (χ3v) is 7.80. The summed E-state index contributed by atoms with van der Waals surface area (Å²) in [5, 5.41) is 2.34. The van der Waals surface area contributed by atoms with Crippen LogP contribution in [0.15, 0.2) is 91.5 Å². The first-order valence-electron chi connectivity index (χ1n) is 9.16. The normalized spacial score (nSPS) is 11.3. The Morgan fingerprint density at radius 3 is 1.77 bits per heavy atom. The number of rotatable bonds is 7. The molecule has 3 rings (SSSR count). The van der Waals surface area contributed by atoms with Crippen LogP contribution in [-0.2, 0) is 11.0 Å². The lowest BCUT2D eigenvalue weighted by Gasteiger charge is -2.22. The predicted molar refractivity (Wildman–Crippen MR) is 114 cm³/mol. The van der Waals surface area contributed by atoms with Crippen molar-refractivity contribution >= 4 is 23.1 Å². The molecule has 0 spiro atoms. The molecule has 3 aromatic carbocycles. The van der Waals surface area contributed by atoms with Crippen LogP contribution in [0.5, 0.6) is 0 Å². The predicted octanol–water partition coefficient (Wildman–Crippen LogP) is 6.01. The van der Waals surface area contributed by atoms with Crippen molar-refractivity contribution in [2.24, 2.45) is 0 Å². The second-order valence-electron chi connectivity index (χ2n) is 6.53. The summed E-state index contributed by atoms with van der Waals surface area (Å²) in [5.74, 6) is 0. The lowest BCUT2D eigenvalue weighted by molar-refractivity contribution is 0.593. The molecule has 0 saturated carbocycles. The van der Waals surface area contributed by atoms with Crippen LogP contribution in [-0.4, -0.2) is 0 Å². The van der Waals surface area contributed by atoms with Crippen LogP contribution in [0.4, 0.5) is 0 Å². The zero-order valence-corrected chi connectivity index (χ0v) is 16.2. The molecule has 0 fully saturated rings. The monoisotopic (exact) mass is 360 g/mol. The minimum Gasteiger partial charge on any atom is -0.309 e. The van der Waals surface area contributed by atoms with Gasteiger partial charge in [-0.15, -0.1) is 0 Å². The molecule has 1 nitrogen and oxygen atoms in total. The smallest absolute Gasteiger partial charge is 0.171 e. The van der Waals surface area contributed by atoms with Gasteiger partial charge in [0.15, 0.2) is 7.14 Å². The Labute approximate surface area is 156 Å². The maximum atomic E-state index is 14.3. The first-order valence-corrected chi connectivity index (χ1v) is 10.9. The van der Waals surface area contributed by atoms with E-state index in [-0.39, 0.29) is 0 Å². The molecule has 0 N–H and O–H groups in total. The van der Waals surface area contributed by atoms with Gasteiger partial charge >= 0.3 is 0 Å². The van der Waals surface area contributed by atoms with E-state index in [1.54, 1.807) is 0 Å². The third-order valence-electron chi connectivity index (χ3n) is 4.73. The van der Waals surface area contributed by atoms with Crippen LogP contribution < -0.4 is 10.6 Å². The molecule has 0 aliphatic rings. The maximum absolute atomic E-state index is 14.3. The van der Waals surface area contributed by atoms with E-state index in [4.69, 9.17) is 0 Å². The van der Waals surface area contributed by atoms with E-state index in [1.165, 1.54) is 18.4 Å². The Hall–Kier alpha value is -2.37. The van der Waals surface area contributed by atoms with Gasteiger partial charge in [0.1, 0.15) is 0 Å². The SMILES string of the molecule is C=C(c1ccc(CCCC)cc1)P(=O)(c1ccccc1)c1ccccc1. The van der Waals surface area contributed by atoms with Gasteiger partial charge in [0, 0.05) is 15.9 Å². The number of aryl methyl sites for hydroxylation is 1. The fourth-order valence-electron chi connectivity index (χ4n) is 3.16. The van der Waals surface area contributed by atoms with Crippen molar-refractivity contribution in [3.05, 3.63) is 103 Å². The second kappa shape index (κ2) is 8.34. The quantitative estimate of drug-likeness (QED) is 0.471. The number of unbranched alkanes of at least 4 members (excludes halogenated alkanes) is 1. The van der Waals surface area contributed by atoms with Crippen molar-refractivity contribution in [2.75, 3.05) is 0 Å². The van der Waals surface area contributed by atoms with E-state index in [1.807, 2.05) is 60.7 Å². The summed E-state index contributed by atoms with van der Waals surface area (Å²) in [6.45, 7) is 6.48. The third kappa shape index (κ3) is 3.74. The summed E-state index contributed by atoms with van der Waals surface area (Å²) in [6.07, 6.45) is 3.46. The molecule has 0 aliphatic carbocycles. The van der Waals surface area contributed by atoms with Crippen LogP contribution >= 0.6 is 7.14 Å². The summed E-state index contributed by atoms with van der Waals surface area (Å²) in [5.41, 5.74) is 2.26. The van der Waals surface area contributed by atoms with Gasteiger partial charge < -0.3 is 4.57 Å². The van der Waals surface area contributed by atoms with Gasteiger partial charge in [0.25, 0.3) is 0 Å². The highest BCUT2D eigenvalue weighted by molar-refractivity contribution is 7.87. The average Bonchev–Trinajstić information content (AvgIpc) is 2.73. The molecule has 0 radical (unpaired) electrons. The van der Waals surface area contributed by atoms with E-state index in [0.717, 1.165) is 22.6 Å². The van der Waals surface area contributed by atoms with Crippen molar-refractivity contribution in [3.63, 3.8) is 0 Å². The standard InChI is InChI=1S/C24H25OP/c1-3-4-11-21-16-18-22(19-17-21)20(2)26(25,23-12-7-5-8-13-23)24-14-9-6-10-15-24/h5-10,12-19H,2-4,11H2,1H3. The lowest BCUT2D eigenvalue weighted by atomic mass is 10.1. The van der Waals surface area contributed by atoms with Crippen molar-refractivity contribution < 1.29 is 4.57 Å². The zero-order valence-electron chi connectivity index (χ0n) is 15.3. The molecule has 3 aromatic rings. The highest BCUT2D eigenvalue weighted by Gasteiger charge is 2.31. The molecule has 0 unspecified atom stereocenters. The Balaban J connectivity index is 2.03. The fourth-order valence-corrected chi connectivity index (χ4v) is 5.78. The molecular formula is C24H25OP. The van der Waals surface area contributed by atoms with Gasteiger partial charge in [-0.25, -0.2) is 0 Å². The molecule has 0 saturated heterocycles. The van der Waals surface area contributed by atoms with E-state index in [9.17, 15) is 4.57 Å². The highest BCUT2D eigenvalue weighted by atomic mass is 31.2. The van der Waals surface area contributed by atoms with E-state index in [2.05, 4.69) is 37.8 Å². The minimum atomic E-state index is -2.97. The van der Waals surface area contributed by atoms with E-state index in [0.29, 0.717) is 5.31 Å². The Kier molecular flexibility index (Phi) is 5.91. The molecular weight excluding hydrogens is 335 g/mol. The summed E-state index contributed by atoms with van der Waals surface area (Å²) in [4.78, 5) is 0. The van der Waals surface area contributed by atoms with Gasteiger partial charge in [0.05, 0.1) is 0 Å². The van der Waals surface area contributed by atoms with Gasteiger partial charge in [-0.1, -0.05) is 105 Å². The van der Waals surface area contributed by atoms with Crippen LogP contribution in [0.1, 0.15) is 30.9 Å². The molecule has 0 bridgehead atoms. The van der Waals surface area contributed by atoms with Crippen LogP contribution in [0.3, 0.4) is 0 Å². The average molecular weight is 360 g/mol. The van der Waals surface area contributed by atoms with Crippen molar-refractivity contribution in [2.45, 2.75) is 26.2 Å². The first kappa shape index (κ1) is 18.4. The summed E-state index contributed by atoms with van der Waals surface area (Å²) >= 11 is 0. The fraction of sp³-hybridized carbons (Fsp3) is 0.167. The summed E-state index contributed by atoms with van der Waals surface area (Å²) in [6, 6.07) is 27.8. The van der Waals surface area contributed by atoms with Crippen LogP contribution in [0, 0.1) is 0 Å².